The van der Waals surface area contributed by atoms with Gasteiger partial charge in [0.1, 0.15) is 5.82 Å². The van der Waals surface area contributed by atoms with Crippen molar-refractivity contribution in [2.75, 3.05) is 18.4 Å². The van der Waals surface area contributed by atoms with Gasteiger partial charge in [0.25, 0.3) is 0 Å². The first-order valence-corrected chi connectivity index (χ1v) is 9.13. The maximum atomic E-state index is 13.2. The van der Waals surface area contributed by atoms with Crippen molar-refractivity contribution in [2.45, 2.75) is 25.2 Å². The number of hydrogen-bond acceptors (Lipinski definition) is 4. The molecular formula is C16H17BrFN3OS. The Labute approximate surface area is 146 Å². The molecule has 1 aliphatic heterocycles. The Morgan fingerprint density at radius 2 is 2.22 bits per heavy atom. The molecule has 1 fully saturated rings. The van der Waals surface area contributed by atoms with Gasteiger partial charge in [-0.15, -0.1) is 11.3 Å². The Bertz CT molecular complexity index is 700. The summed E-state index contributed by atoms with van der Waals surface area (Å²) in [5.41, 5.74) is 0.755. The first-order chi connectivity index (χ1) is 11.1. The van der Waals surface area contributed by atoms with E-state index in [0.29, 0.717) is 15.5 Å². The summed E-state index contributed by atoms with van der Waals surface area (Å²) in [6.45, 7) is 2.06. The van der Waals surface area contributed by atoms with Crippen molar-refractivity contribution in [3.05, 3.63) is 45.1 Å². The fourth-order valence-electron chi connectivity index (χ4n) is 2.64. The van der Waals surface area contributed by atoms with Crippen molar-refractivity contribution in [2.24, 2.45) is 0 Å². The first kappa shape index (κ1) is 16.5. The third-order valence-electron chi connectivity index (χ3n) is 3.86. The molecule has 1 aromatic heterocycles. The molecule has 122 valence electrons. The van der Waals surface area contributed by atoms with Crippen LogP contribution in [-0.2, 0) is 11.2 Å². The standard InChI is InChI=1S/C16H17BrFN3OS/c17-12-7-10(1-2-13(12)18)8-15(22)21-16-20-9-14(23-16)11-3-5-19-6-4-11/h1-2,7,9,11,19H,3-6,8H2,(H,20,21,22). The molecule has 2 aromatic rings. The number of nitrogens with zero attached hydrogens (tertiary/aromatic N) is 1. The molecule has 0 atom stereocenters. The average molecular weight is 398 g/mol. The fraction of sp³-hybridized carbons (Fsp3) is 0.375. The minimum atomic E-state index is -0.333. The fourth-order valence-corrected chi connectivity index (χ4v) is 4.07. The Morgan fingerprint density at radius 3 is 2.96 bits per heavy atom. The number of nitrogens with one attached hydrogen (secondary N) is 2. The Morgan fingerprint density at radius 1 is 1.43 bits per heavy atom. The van der Waals surface area contributed by atoms with Crippen LogP contribution in [-0.4, -0.2) is 24.0 Å². The molecule has 1 saturated heterocycles. The van der Waals surface area contributed by atoms with E-state index in [4.69, 9.17) is 0 Å². The lowest BCUT2D eigenvalue weighted by Crippen LogP contribution is -2.26. The van der Waals surface area contributed by atoms with Gasteiger partial charge in [-0.1, -0.05) is 6.07 Å². The van der Waals surface area contributed by atoms with Crippen molar-refractivity contribution >= 4 is 38.3 Å². The maximum Gasteiger partial charge on any atom is 0.230 e. The summed E-state index contributed by atoms with van der Waals surface area (Å²) in [6.07, 6.45) is 4.28. The van der Waals surface area contributed by atoms with Gasteiger partial charge in [0.05, 0.1) is 10.9 Å². The average Bonchev–Trinajstić information content (AvgIpc) is 3.00. The van der Waals surface area contributed by atoms with Crippen LogP contribution >= 0.6 is 27.3 Å². The van der Waals surface area contributed by atoms with Crippen LogP contribution in [0.5, 0.6) is 0 Å². The summed E-state index contributed by atoms with van der Waals surface area (Å²) >= 11 is 4.67. The quantitative estimate of drug-likeness (QED) is 0.826. The molecule has 0 unspecified atom stereocenters. The molecule has 0 spiro atoms. The minimum absolute atomic E-state index is 0.144. The molecule has 23 heavy (non-hydrogen) atoms. The van der Waals surface area contributed by atoms with Gasteiger partial charge in [-0.25, -0.2) is 9.37 Å². The predicted octanol–water partition coefficient (Wildman–Crippen LogP) is 3.69. The van der Waals surface area contributed by atoms with Crippen molar-refractivity contribution in [3.8, 4) is 0 Å². The molecule has 0 bridgehead atoms. The largest absolute Gasteiger partial charge is 0.317 e. The number of carbonyl (C=O) groups excluding carboxylic acids is 1. The minimum Gasteiger partial charge on any atom is -0.317 e. The number of benzene rings is 1. The second-order valence-corrected chi connectivity index (χ2v) is 7.48. The Hall–Kier alpha value is -1.31. The number of carbonyl (C=O) groups is 1. The maximum absolute atomic E-state index is 13.2. The first-order valence-electron chi connectivity index (χ1n) is 7.52. The predicted molar refractivity (Wildman–Crippen MR) is 93.4 cm³/mol. The number of anilines is 1. The van der Waals surface area contributed by atoms with Gasteiger partial charge >= 0.3 is 0 Å². The van der Waals surface area contributed by atoms with Crippen LogP contribution in [0.1, 0.15) is 29.2 Å². The molecule has 4 nitrogen and oxygen atoms in total. The molecule has 1 aromatic carbocycles. The monoisotopic (exact) mass is 397 g/mol. The smallest absolute Gasteiger partial charge is 0.230 e. The molecule has 3 rings (SSSR count). The van der Waals surface area contributed by atoms with Crippen LogP contribution in [0, 0.1) is 5.82 Å². The second-order valence-electron chi connectivity index (χ2n) is 5.57. The van der Waals surface area contributed by atoms with E-state index >= 15 is 0 Å². The van der Waals surface area contributed by atoms with E-state index in [9.17, 15) is 9.18 Å². The van der Waals surface area contributed by atoms with E-state index in [1.165, 1.54) is 10.9 Å². The topological polar surface area (TPSA) is 54.0 Å². The van der Waals surface area contributed by atoms with E-state index in [1.807, 2.05) is 6.20 Å². The molecule has 0 saturated carbocycles. The third kappa shape index (κ3) is 4.37. The molecule has 1 amide bonds. The summed E-state index contributed by atoms with van der Waals surface area (Å²) in [4.78, 5) is 17.6. The number of amides is 1. The van der Waals surface area contributed by atoms with E-state index < -0.39 is 0 Å². The van der Waals surface area contributed by atoms with E-state index in [0.717, 1.165) is 31.5 Å². The van der Waals surface area contributed by atoms with E-state index in [1.54, 1.807) is 23.5 Å². The summed E-state index contributed by atoms with van der Waals surface area (Å²) in [6, 6.07) is 4.59. The highest BCUT2D eigenvalue weighted by molar-refractivity contribution is 9.10. The highest BCUT2D eigenvalue weighted by Gasteiger charge is 2.18. The molecule has 1 aliphatic rings. The number of halogens is 2. The van der Waals surface area contributed by atoms with E-state index in [-0.39, 0.29) is 18.1 Å². The van der Waals surface area contributed by atoms with Crippen LogP contribution in [0.15, 0.2) is 28.9 Å². The molecule has 2 heterocycles. The van der Waals surface area contributed by atoms with Crippen molar-refractivity contribution in [1.29, 1.82) is 0 Å². The lowest BCUT2D eigenvalue weighted by molar-refractivity contribution is -0.115. The Kier molecular flexibility index (Phi) is 5.40. The van der Waals surface area contributed by atoms with Crippen LogP contribution in [0.25, 0.3) is 0 Å². The molecule has 2 N–H and O–H groups in total. The summed E-state index contributed by atoms with van der Waals surface area (Å²) in [5.74, 6) is 0.0582. The summed E-state index contributed by atoms with van der Waals surface area (Å²) in [5, 5.41) is 6.80. The van der Waals surface area contributed by atoms with Gasteiger partial charge in [0.15, 0.2) is 5.13 Å². The summed E-state index contributed by atoms with van der Waals surface area (Å²) in [7, 11) is 0. The highest BCUT2D eigenvalue weighted by Crippen LogP contribution is 2.31. The zero-order chi connectivity index (χ0) is 16.2. The van der Waals surface area contributed by atoms with Gasteiger partial charge in [-0.2, -0.15) is 0 Å². The molecule has 7 heteroatoms. The normalized spacial score (nSPS) is 15.6. The zero-order valence-corrected chi connectivity index (χ0v) is 14.8. The van der Waals surface area contributed by atoms with Gasteiger partial charge in [0.2, 0.25) is 5.91 Å². The van der Waals surface area contributed by atoms with Crippen LogP contribution in [0.2, 0.25) is 0 Å². The van der Waals surface area contributed by atoms with Crippen LogP contribution in [0.3, 0.4) is 0 Å². The Balaban J connectivity index is 1.59. The van der Waals surface area contributed by atoms with Gasteiger partial charge in [-0.05, 0) is 65.5 Å². The number of piperidine rings is 1. The van der Waals surface area contributed by atoms with Crippen molar-refractivity contribution in [1.82, 2.24) is 10.3 Å². The zero-order valence-electron chi connectivity index (χ0n) is 12.4. The summed E-state index contributed by atoms with van der Waals surface area (Å²) < 4.78 is 13.6. The van der Waals surface area contributed by atoms with Crippen molar-refractivity contribution < 1.29 is 9.18 Å². The molecule has 0 aliphatic carbocycles. The lowest BCUT2D eigenvalue weighted by atomic mass is 9.97. The number of hydrogen-bond donors (Lipinski definition) is 2. The van der Waals surface area contributed by atoms with Crippen molar-refractivity contribution in [3.63, 3.8) is 0 Å². The van der Waals surface area contributed by atoms with Gasteiger partial charge < -0.3 is 10.6 Å². The third-order valence-corrected chi connectivity index (χ3v) is 5.54. The number of thiazole rings is 1. The van der Waals surface area contributed by atoms with Gasteiger partial charge in [-0.3, -0.25) is 4.79 Å². The molecular weight excluding hydrogens is 381 g/mol. The highest BCUT2D eigenvalue weighted by atomic mass is 79.9. The lowest BCUT2D eigenvalue weighted by Gasteiger charge is -2.20. The van der Waals surface area contributed by atoms with E-state index in [2.05, 4.69) is 31.5 Å². The van der Waals surface area contributed by atoms with Crippen LogP contribution < -0.4 is 10.6 Å². The second kappa shape index (κ2) is 7.51. The number of rotatable bonds is 4. The number of aromatic nitrogens is 1. The van der Waals surface area contributed by atoms with Crippen LogP contribution in [0.4, 0.5) is 9.52 Å². The molecule has 0 radical (unpaired) electrons. The SMILES string of the molecule is O=C(Cc1ccc(F)c(Br)c1)Nc1ncc(C2CCNCC2)s1. The van der Waals surface area contributed by atoms with Gasteiger partial charge in [0, 0.05) is 11.1 Å².